The molecule has 2 amide bonds. The van der Waals surface area contributed by atoms with Gasteiger partial charge >= 0.3 is 0 Å². The van der Waals surface area contributed by atoms with Crippen LogP contribution in [0.25, 0.3) is 11.1 Å². The molecule has 0 aliphatic carbocycles. The maximum absolute atomic E-state index is 12.4. The summed E-state index contributed by atoms with van der Waals surface area (Å²) in [4.78, 5) is 25.9. The molecule has 0 fully saturated rings. The van der Waals surface area contributed by atoms with Crippen molar-refractivity contribution in [2.24, 2.45) is 0 Å². The van der Waals surface area contributed by atoms with Crippen LogP contribution in [-0.4, -0.2) is 25.5 Å². The zero-order valence-electron chi connectivity index (χ0n) is 16.5. The zero-order chi connectivity index (χ0) is 20.8. The Morgan fingerprint density at radius 1 is 0.966 bits per heavy atom. The molecule has 2 aromatic carbocycles. The SMILES string of the molecule is COc1ccc(-c2cc(C(=O)NNC(=O)CNc3ccc(C)cc3)sc2C)cc1. The maximum atomic E-state index is 12.4. The first-order valence-electron chi connectivity index (χ1n) is 9.11. The molecule has 6 nitrogen and oxygen atoms in total. The number of carbonyl (C=O) groups excluding carboxylic acids is 2. The fourth-order valence-corrected chi connectivity index (χ4v) is 3.67. The molecular formula is C22H23N3O3S. The summed E-state index contributed by atoms with van der Waals surface area (Å²) in [7, 11) is 1.62. The van der Waals surface area contributed by atoms with Crippen LogP contribution in [-0.2, 0) is 4.79 Å². The first-order valence-corrected chi connectivity index (χ1v) is 9.92. The van der Waals surface area contributed by atoms with E-state index in [1.165, 1.54) is 11.3 Å². The van der Waals surface area contributed by atoms with Gasteiger partial charge in [0.2, 0.25) is 0 Å². The molecule has 29 heavy (non-hydrogen) atoms. The number of thiophene rings is 1. The van der Waals surface area contributed by atoms with Gasteiger partial charge < -0.3 is 10.1 Å². The number of hydrazine groups is 1. The minimum atomic E-state index is -0.346. The summed E-state index contributed by atoms with van der Waals surface area (Å²) in [5.74, 6) is 0.102. The van der Waals surface area contributed by atoms with Gasteiger partial charge in [-0.1, -0.05) is 29.8 Å². The van der Waals surface area contributed by atoms with Crippen molar-refractivity contribution >= 4 is 28.8 Å². The average molecular weight is 410 g/mol. The van der Waals surface area contributed by atoms with E-state index in [4.69, 9.17) is 4.74 Å². The lowest BCUT2D eigenvalue weighted by atomic mass is 10.1. The van der Waals surface area contributed by atoms with E-state index in [-0.39, 0.29) is 18.4 Å². The molecule has 3 rings (SSSR count). The highest BCUT2D eigenvalue weighted by Gasteiger charge is 2.14. The highest BCUT2D eigenvalue weighted by Crippen LogP contribution is 2.31. The van der Waals surface area contributed by atoms with E-state index in [1.54, 1.807) is 7.11 Å². The van der Waals surface area contributed by atoms with Crippen molar-refractivity contribution in [2.45, 2.75) is 13.8 Å². The van der Waals surface area contributed by atoms with Gasteiger partial charge in [0, 0.05) is 10.6 Å². The number of nitrogens with one attached hydrogen (secondary N) is 3. The summed E-state index contributed by atoms with van der Waals surface area (Å²) in [6.45, 7) is 4.02. The van der Waals surface area contributed by atoms with E-state index in [2.05, 4.69) is 16.2 Å². The second kappa shape index (κ2) is 9.25. The Kier molecular flexibility index (Phi) is 6.51. The first-order chi connectivity index (χ1) is 14.0. The van der Waals surface area contributed by atoms with Gasteiger partial charge in [-0.2, -0.15) is 0 Å². The fraction of sp³-hybridized carbons (Fsp3) is 0.182. The van der Waals surface area contributed by atoms with Gasteiger partial charge in [0.25, 0.3) is 11.8 Å². The number of aryl methyl sites for hydroxylation is 2. The molecule has 0 radical (unpaired) electrons. The third-order valence-electron chi connectivity index (χ3n) is 4.36. The van der Waals surface area contributed by atoms with Crippen molar-refractivity contribution in [3.8, 4) is 16.9 Å². The van der Waals surface area contributed by atoms with Crippen LogP contribution in [0, 0.1) is 13.8 Å². The summed E-state index contributed by atoms with van der Waals surface area (Å²) in [5.41, 5.74) is 8.88. The molecule has 0 aliphatic heterocycles. The molecule has 1 heterocycles. The summed E-state index contributed by atoms with van der Waals surface area (Å²) < 4.78 is 5.18. The topological polar surface area (TPSA) is 79.5 Å². The molecule has 0 spiro atoms. The van der Waals surface area contributed by atoms with E-state index >= 15 is 0 Å². The van der Waals surface area contributed by atoms with Gasteiger partial charge in [0.1, 0.15) is 5.75 Å². The molecule has 7 heteroatoms. The summed E-state index contributed by atoms with van der Waals surface area (Å²) >= 11 is 1.38. The molecule has 0 atom stereocenters. The summed E-state index contributed by atoms with van der Waals surface area (Å²) in [6, 6.07) is 17.2. The molecule has 0 unspecified atom stereocenters. The second-order valence-electron chi connectivity index (χ2n) is 6.53. The predicted molar refractivity (Wildman–Crippen MR) is 116 cm³/mol. The number of hydrogen-bond donors (Lipinski definition) is 3. The van der Waals surface area contributed by atoms with Crippen LogP contribution in [0.15, 0.2) is 54.6 Å². The minimum absolute atomic E-state index is 0.0594. The number of methoxy groups -OCH3 is 1. The number of hydrogen-bond acceptors (Lipinski definition) is 5. The minimum Gasteiger partial charge on any atom is -0.497 e. The first kappa shape index (κ1) is 20.4. The molecule has 150 valence electrons. The molecule has 0 saturated heterocycles. The molecule has 0 aliphatic rings. The quantitative estimate of drug-likeness (QED) is 0.539. The molecule has 0 bridgehead atoms. The van der Waals surface area contributed by atoms with Gasteiger partial charge in [-0.05, 0) is 55.3 Å². The molecule has 3 N–H and O–H groups in total. The largest absolute Gasteiger partial charge is 0.497 e. The van der Waals surface area contributed by atoms with Crippen LogP contribution in [0.4, 0.5) is 5.69 Å². The Morgan fingerprint density at radius 2 is 1.66 bits per heavy atom. The van der Waals surface area contributed by atoms with Crippen molar-refractivity contribution in [3.63, 3.8) is 0 Å². The fourth-order valence-electron chi connectivity index (χ4n) is 2.74. The molecule has 0 saturated carbocycles. The normalized spacial score (nSPS) is 10.3. The highest BCUT2D eigenvalue weighted by molar-refractivity contribution is 7.14. The number of anilines is 1. The van der Waals surface area contributed by atoms with E-state index in [0.717, 1.165) is 33.0 Å². The van der Waals surface area contributed by atoms with Gasteiger partial charge in [0.05, 0.1) is 18.5 Å². The third-order valence-corrected chi connectivity index (χ3v) is 5.41. The number of amides is 2. The van der Waals surface area contributed by atoms with Crippen LogP contribution in [0.2, 0.25) is 0 Å². The smallest absolute Gasteiger partial charge is 0.279 e. The van der Waals surface area contributed by atoms with Crippen LogP contribution in [0.3, 0.4) is 0 Å². The number of ether oxygens (including phenoxy) is 1. The van der Waals surface area contributed by atoms with E-state index < -0.39 is 0 Å². The maximum Gasteiger partial charge on any atom is 0.279 e. The number of carbonyl (C=O) groups is 2. The number of benzene rings is 2. The summed E-state index contributed by atoms with van der Waals surface area (Å²) in [6.07, 6.45) is 0. The van der Waals surface area contributed by atoms with E-state index in [1.807, 2.05) is 68.4 Å². The van der Waals surface area contributed by atoms with Gasteiger partial charge in [-0.3, -0.25) is 20.4 Å². The Hall–Kier alpha value is -3.32. The van der Waals surface area contributed by atoms with Crippen molar-refractivity contribution < 1.29 is 14.3 Å². The lowest BCUT2D eigenvalue weighted by molar-refractivity contribution is -0.120. The Labute approximate surface area is 173 Å². The van der Waals surface area contributed by atoms with E-state index in [0.29, 0.717) is 4.88 Å². The lowest BCUT2D eigenvalue weighted by Crippen LogP contribution is -2.43. The Bertz CT molecular complexity index is 995. The molecular weight excluding hydrogens is 386 g/mol. The molecule has 1 aromatic heterocycles. The van der Waals surface area contributed by atoms with Crippen molar-refractivity contribution in [1.82, 2.24) is 10.9 Å². The van der Waals surface area contributed by atoms with Gasteiger partial charge in [0.15, 0.2) is 0 Å². The Balaban J connectivity index is 1.55. The third kappa shape index (κ3) is 5.36. The van der Waals surface area contributed by atoms with Crippen molar-refractivity contribution in [2.75, 3.05) is 19.0 Å². The average Bonchev–Trinajstić information content (AvgIpc) is 3.13. The summed E-state index contributed by atoms with van der Waals surface area (Å²) in [5, 5.41) is 3.01. The molecule has 3 aromatic rings. The zero-order valence-corrected chi connectivity index (χ0v) is 17.4. The highest BCUT2D eigenvalue weighted by atomic mass is 32.1. The number of rotatable bonds is 6. The van der Waals surface area contributed by atoms with Crippen LogP contribution >= 0.6 is 11.3 Å². The van der Waals surface area contributed by atoms with Crippen LogP contribution in [0.1, 0.15) is 20.1 Å². The monoisotopic (exact) mass is 409 g/mol. The van der Waals surface area contributed by atoms with Gasteiger partial charge in [-0.15, -0.1) is 11.3 Å². The Morgan fingerprint density at radius 3 is 2.31 bits per heavy atom. The van der Waals surface area contributed by atoms with Crippen molar-refractivity contribution in [3.05, 3.63) is 69.9 Å². The van der Waals surface area contributed by atoms with E-state index in [9.17, 15) is 9.59 Å². The second-order valence-corrected chi connectivity index (χ2v) is 7.79. The lowest BCUT2D eigenvalue weighted by Gasteiger charge is -2.08. The van der Waals surface area contributed by atoms with Crippen LogP contribution in [0.5, 0.6) is 5.75 Å². The van der Waals surface area contributed by atoms with Crippen LogP contribution < -0.4 is 20.9 Å². The predicted octanol–water partition coefficient (Wildman–Crippen LogP) is 3.91. The standard InChI is InChI=1S/C22H23N3O3S/c1-14-4-8-17(9-5-14)23-13-21(26)24-25-22(27)20-12-19(15(2)29-20)16-6-10-18(28-3)11-7-16/h4-12,23H,13H2,1-3H3,(H,24,26)(H,25,27). The van der Waals surface area contributed by atoms with Crippen molar-refractivity contribution in [1.29, 1.82) is 0 Å². The van der Waals surface area contributed by atoms with Gasteiger partial charge in [-0.25, -0.2) is 0 Å².